The lowest BCUT2D eigenvalue weighted by atomic mass is 10.1. The molecule has 0 aliphatic rings. The molecule has 12 heavy (non-hydrogen) atoms. The van der Waals surface area contributed by atoms with Gasteiger partial charge in [-0.3, -0.25) is 0 Å². The van der Waals surface area contributed by atoms with Crippen LogP contribution in [0.15, 0.2) is 21.4 Å². The predicted molar refractivity (Wildman–Crippen MR) is 51.7 cm³/mol. The van der Waals surface area contributed by atoms with Crippen molar-refractivity contribution < 1.29 is 4.42 Å². The smallest absolute Gasteiger partial charge is 0.173 e. The summed E-state index contributed by atoms with van der Waals surface area (Å²) >= 11 is 3.30. The molecule has 0 bridgehead atoms. The van der Waals surface area contributed by atoms with Gasteiger partial charge in [-0.2, -0.15) is 0 Å². The van der Waals surface area contributed by atoms with Crippen molar-refractivity contribution in [1.29, 1.82) is 0 Å². The summed E-state index contributed by atoms with van der Waals surface area (Å²) in [5, 5.41) is 3.11. The van der Waals surface area contributed by atoms with Gasteiger partial charge in [-0.05, 0) is 29.0 Å². The van der Waals surface area contributed by atoms with E-state index in [-0.39, 0.29) is 6.04 Å². The minimum atomic E-state index is 0.170. The van der Waals surface area contributed by atoms with Crippen LogP contribution in [0.1, 0.15) is 18.0 Å². The van der Waals surface area contributed by atoms with E-state index in [1.54, 1.807) is 6.26 Å². The number of furan rings is 1. The molecular formula is C9H10BrNO. The van der Waals surface area contributed by atoms with E-state index in [2.05, 4.69) is 27.2 Å². The first kappa shape index (κ1) is 9.37. The van der Waals surface area contributed by atoms with Crippen molar-refractivity contribution in [3.05, 3.63) is 22.6 Å². The molecular weight excluding hydrogens is 218 g/mol. The highest BCUT2D eigenvalue weighted by Crippen LogP contribution is 2.25. The fourth-order valence-corrected chi connectivity index (χ4v) is 1.56. The maximum atomic E-state index is 5.23. The van der Waals surface area contributed by atoms with Crippen LogP contribution >= 0.6 is 15.9 Å². The van der Waals surface area contributed by atoms with Crippen LogP contribution in [0.5, 0.6) is 0 Å². The predicted octanol–water partition coefficient (Wildman–Crippen LogP) is 2.33. The molecule has 0 radical (unpaired) electrons. The highest BCUT2D eigenvalue weighted by Gasteiger charge is 2.12. The van der Waals surface area contributed by atoms with E-state index < -0.39 is 0 Å². The third kappa shape index (κ3) is 1.90. The minimum Gasteiger partial charge on any atom is -0.457 e. The maximum absolute atomic E-state index is 5.23. The van der Waals surface area contributed by atoms with Crippen LogP contribution in [-0.2, 0) is 0 Å². The topological polar surface area (TPSA) is 25.2 Å². The Morgan fingerprint density at radius 2 is 2.58 bits per heavy atom. The van der Waals surface area contributed by atoms with Crippen molar-refractivity contribution in [2.45, 2.75) is 12.5 Å². The van der Waals surface area contributed by atoms with E-state index >= 15 is 0 Å². The van der Waals surface area contributed by atoms with Gasteiger partial charge >= 0.3 is 0 Å². The standard InChI is InChI=1S/C9H10BrNO/c1-3-4-8(11-2)7-5-6-12-9(7)10/h1,5-6,8,11H,4H2,2H3. The first-order valence-electron chi connectivity index (χ1n) is 3.63. The number of terminal acetylenes is 1. The van der Waals surface area contributed by atoms with Gasteiger partial charge in [0.1, 0.15) is 0 Å². The van der Waals surface area contributed by atoms with Gasteiger partial charge in [0.25, 0.3) is 0 Å². The van der Waals surface area contributed by atoms with Gasteiger partial charge in [0.15, 0.2) is 4.67 Å². The molecule has 1 rings (SSSR count). The highest BCUT2D eigenvalue weighted by atomic mass is 79.9. The van der Waals surface area contributed by atoms with E-state index in [0.717, 1.165) is 10.2 Å². The second-order valence-corrected chi connectivity index (χ2v) is 3.12. The number of nitrogens with one attached hydrogen (secondary N) is 1. The van der Waals surface area contributed by atoms with E-state index in [4.69, 9.17) is 10.8 Å². The Labute approximate surface area is 80.5 Å². The summed E-state index contributed by atoms with van der Waals surface area (Å²) in [5.41, 5.74) is 1.07. The molecule has 0 aromatic carbocycles. The van der Waals surface area contributed by atoms with E-state index in [0.29, 0.717) is 6.42 Å². The van der Waals surface area contributed by atoms with Crippen LogP contribution in [0.3, 0.4) is 0 Å². The summed E-state index contributed by atoms with van der Waals surface area (Å²) in [4.78, 5) is 0. The van der Waals surface area contributed by atoms with Crippen LogP contribution < -0.4 is 5.32 Å². The van der Waals surface area contributed by atoms with Crippen molar-refractivity contribution in [2.24, 2.45) is 0 Å². The van der Waals surface area contributed by atoms with Gasteiger partial charge in [-0.1, -0.05) is 0 Å². The Morgan fingerprint density at radius 3 is 3.00 bits per heavy atom. The number of hydrogen-bond acceptors (Lipinski definition) is 2. The first-order chi connectivity index (χ1) is 5.79. The van der Waals surface area contributed by atoms with Crippen LogP contribution in [-0.4, -0.2) is 7.05 Å². The summed E-state index contributed by atoms with van der Waals surface area (Å²) in [6, 6.07) is 2.07. The van der Waals surface area contributed by atoms with Crippen LogP contribution in [0.4, 0.5) is 0 Å². The maximum Gasteiger partial charge on any atom is 0.173 e. The zero-order valence-electron chi connectivity index (χ0n) is 6.80. The van der Waals surface area contributed by atoms with Crippen LogP contribution in [0.25, 0.3) is 0 Å². The highest BCUT2D eigenvalue weighted by molar-refractivity contribution is 9.10. The SMILES string of the molecule is C#CCC(NC)c1ccoc1Br. The second-order valence-electron chi connectivity index (χ2n) is 2.40. The largest absolute Gasteiger partial charge is 0.457 e. The molecule has 1 N–H and O–H groups in total. The molecule has 2 nitrogen and oxygen atoms in total. The molecule has 1 heterocycles. The Hall–Kier alpha value is -0.720. The lowest BCUT2D eigenvalue weighted by Crippen LogP contribution is -2.15. The fourth-order valence-electron chi connectivity index (χ4n) is 1.04. The average Bonchev–Trinajstić information content (AvgIpc) is 2.47. The first-order valence-corrected chi connectivity index (χ1v) is 4.42. The molecule has 0 saturated carbocycles. The fraction of sp³-hybridized carbons (Fsp3) is 0.333. The van der Waals surface area contributed by atoms with Crippen molar-refractivity contribution in [3.63, 3.8) is 0 Å². The summed E-state index contributed by atoms with van der Waals surface area (Å²) in [7, 11) is 1.88. The summed E-state index contributed by atoms with van der Waals surface area (Å²) in [5.74, 6) is 2.61. The van der Waals surface area contributed by atoms with Crippen LogP contribution in [0.2, 0.25) is 0 Å². The number of hydrogen-bond donors (Lipinski definition) is 1. The van der Waals surface area contributed by atoms with Gasteiger partial charge in [-0.25, -0.2) is 0 Å². The zero-order valence-corrected chi connectivity index (χ0v) is 8.39. The van der Waals surface area contributed by atoms with Gasteiger partial charge in [0, 0.05) is 18.0 Å². The second kappa shape index (κ2) is 4.34. The average molecular weight is 228 g/mol. The quantitative estimate of drug-likeness (QED) is 0.803. The molecule has 0 spiro atoms. The van der Waals surface area contributed by atoms with Gasteiger partial charge in [0.2, 0.25) is 0 Å². The normalized spacial score (nSPS) is 12.4. The molecule has 1 aromatic rings. The molecule has 1 unspecified atom stereocenters. The Bertz CT molecular complexity index is 287. The molecule has 0 aliphatic carbocycles. The van der Waals surface area contributed by atoms with E-state index in [1.807, 2.05) is 13.1 Å². The lowest BCUT2D eigenvalue weighted by Gasteiger charge is -2.10. The summed E-state index contributed by atoms with van der Waals surface area (Å²) in [6.45, 7) is 0. The minimum absolute atomic E-state index is 0.170. The molecule has 1 atom stereocenters. The van der Waals surface area contributed by atoms with Gasteiger partial charge < -0.3 is 9.73 Å². The van der Waals surface area contributed by atoms with Crippen molar-refractivity contribution in [3.8, 4) is 12.3 Å². The molecule has 0 saturated heterocycles. The van der Waals surface area contributed by atoms with E-state index in [1.165, 1.54) is 0 Å². The molecule has 64 valence electrons. The molecule has 1 aromatic heterocycles. The summed E-state index contributed by atoms with van der Waals surface area (Å²) < 4.78 is 5.85. The summed E-state index contributed by atoms with van der Waals surface area (Å²) in [6.07, 6.45) is 7.53. The molecule has 0 aliphatic heterocycles. The number of halogens is 1. The van der Waals surface area contributed by atoms with Crippen molar-refractivity contribution in [2.75, 3.05) is 7.05 Å². The lowest BCUT2D eigenvalue weighted by molar-refractivity contribution is 0.521. The number of rotatable bonds is 3. The van der Waals surface area contributed by atoms with Crippen LogP contribution in [0, 0.1) is 12.3 Å². The van der Waals surface area contributed by atoms with Crippen molar-refractivity contribution >= 4 is 15.9 Å². The third-order valence-electron chi connectivity index (χ3n) is 1.69. The van der Waals surface area contributed by atoms with Gasteiger partial charge in [-0.15, -0.1) is 12.3 Å². The van der Waals surface area contributed by atoms with E-state index in [9.17, 15) is 0 Å². The van der Waals surface area contributed by atoms with Gasteiger partial charge in [0.05, 0.1) is 6.26 Å². The van der Waals surface area contributed by atoms with Crippen molar-refractivity contribution in [1.82, 2.24) is 5.32 Å². The third-order valence-corrected chi connectivity index (χ3v) is 2.34. The Kier molecular flexibility index (Phi) is 3.39. The zero-order chi connectivity index (χ0) is 8.97. The Morgan fingerprint density at radius 1 is 1.83 bits per heavy atom. The molecule has 3 heteroatoms. The monoisotopic (exact) mass is 227 g/mol. The Balaban J connectivity index is 2.81. The molecule has 0 amide bonds. The molecule has 0 fully saturated rings.